The number of hydrogen-bond acceptors (Lipinski definition) is 3. The third kappa shape index (κ3) is 11.3. The van der Waals surface area contributed by atoms with E-state index in [1.165, 1.54) is 25.7 Å². The molecule has 0 aromatic carbocycles. The molecule has 3 N–H and O–H groups in total. The van der Waals surface area contributed by atoms with Crippen molar-refractivity contribution in [1.82, 2.24) is 15.5 Å². The molecule has 0 spiro atoms. The van der Waals surface area contributed by atoms with Crippen molar-refractivity contribution < 1.29 is 5.11 Å². The predicted octanol–water partition coefficient (Wildman–Crippen LogP) is 3.08. The minimum atomic E-state index is 0. The summed E-state index contributed by atoms with van der Waals surface area (Å²) in [6.45, 7) is 10.5. The molecule has 1 aliphatic rings. The molecule has 0 aromatic rings. The van der Waals surface area contributed by atoms with E-state index in [2.05, 4.69) is 43.4 Å². The molecule has 1 rings (SSSR count). The molecule has 1 atom stereocenters. The van der Waals surface area contributed by atoms with Gasteiger partial charge in [-0.05, 0) is 51.5 Å². The van der Waals surface area contributed by atoms with Gasteiger partial charge in [0, 0.05) is 38.8 Å². The fourth-order valence-electron chi connectivity index (χ4n) is 3.57. The maximum atomic E-state index is 9.24. The number of aliphatic hydroxyl groups excluding tert-OH is 1. The third-order valence-corrected chi connectivity index (χ3v) is 4.90. The zero-order chi connectivity index (χ0) is 17.8. The molecule has 6 heteroatoms. The zero-order valence-electron chi connectivity index (χ0n) is 16.8. The van der Waals surface area contributed by atoms with Crippen LogP contribution in [0.15, 0.2) is 4.99 Å². The Labute approximate surface area is 172 Å². The summed E-state index contributed by atoms with van der Waals surface area (Å²) in [7, 11) is 2.24. The van der Waals surface area contributed by atoms with Gasteiger partial charge in [0.1, 0.15) is 0 Å². The molecule has 25 heavy (non-hydrogen) atoms. The van der Waals surface area contributed by atoms with Crippen LogP contribution in [-0.4, -0.2) is 61.8 Å². The lowest BCUT2D eigenvalue weighted by Gasteiger charge is -2.24. The third-order valence-electron chi connectivity index (χ3n) is 4.90. The van der Waals surface area contributed by atoms with E-state index in [1.807, 2.05) is 0 Å². The van der Waals surface area contributed by atoms with Crippen LogP contribution in [-0.2, 0) is 0 Å². The zero-order valence-corrected chi connectivity index (χ0v) is 19.1. The summed E-state index contributed by atoms with van der Waals surface area (Å²) in [5, 5.41) is 16.0. The highest BCUT2D eigenvalue weighted by molar-refractivity contribution is 14.0. The number of aliphatic hydroxyl groups is 1. The Morgan fingerprint density at radius 3 is 2.48 bits per heavy atom. The molecular formula is C19H41IN4O. The molecule has 1 saturated carbocycles. The van der Waals surface area contributed by atoms with Gasteiger partial charge in [-0.25, -0.2) is 0 Å². The summed E-state index contributed by atoms with van der Waals surface area (Å²) in [6, 6.07) is 0.770. The lowest BCUT2D eigenvalue weighted by Crippen LogP contribution is -2.42. The van der Waals surface area contributed by atoms with Gasteiger partial charge < -0.3 is 20.6 Å². The number of halogens is 1. The standard InChI is InChI=1S/C19H40N4O.HI/c1-5-20-19(22-15-17(10-13-24)14-16(2)3)21-11-12-23(4)18-8-6-7-9-18;/h16-18,24H,5-15H2,1-4H3,(H2,20,21,22);1H. The van der Waals surface area contributed by atoms with Gasteiger partial charge >= 0.3 is 0 Å². The number of aliphatic imine (C=N–C) groups is 1. The highest BCUT2D eigenvalue weighted by Crippen LogP contribution is 2.21. The van der Waals surface area contributed by atoms with E-state index >= 15 is 0 Å². The number of nitrogens with zero attached hydrogens (tertiary/aromatic N) is 2. The molecular weight excluding hydrogens is 427 g/mol. The Kier molecular flexibility index (Phi) is 15.0. The SMILES string of the molecule is CCNC(=NCC(CCO)CC(C)C)NCCN(C)C1CCCC1.I. The number of rotatable bonds is 11. The molecule has 0 aliphatic heterocycles. The smallest absolute Gasteiger partial charge is 0.191 e. The summed E-state index contributed by atoms with van der Waals surface area (Å²) in [4.78, 5) is 7.23. The van der Waals surface area contributed by atoms with Gasteiger partial charge in [-0.15, -0.1) is 24.0 Å². The van der Waals surface area contributed by atoms with Crippen molar-refractivity contribution in [2.45, 2.75) is 65.3 Å². The van der Waals surface area contributed by atoms with Crippen LogP contribution in [0.5, 0.6) is 0 Å². The fourth-order valence-corrected chi connectivity index (χ4v) is 3.57. The Bertz CT molecular complexity index is 346. The lowest BCUT2D eigenvalue weighted by molar-refractivity contribution is 0.245. The fraction of sp³-hybridized carbons (Fsp3) is 0.947. The normalized spacial score (nSPS) is 17.0. The molecule has 0 aromatic heterocycles. The van der Waals surface area contributed by atoms with Gasteiger partial charge in [-0.2, -0.15) is 0 Å². The van der Waals surface area contributed by atoms with Gasteiger partial charge in [0.15, 0.2) is 5.96 Å². The van der Waals surface area contributed by atoms with Crippen molar-refractivity contribution in [2.75, 3.05) is 39.8 Å². The van der Waals surface area contributed by atoms with Crippen molar-refractivity contribution >= 4 is 29.9 Å². The van der Waals surface area contributed by atoms with Crippen molar-refractivity contribution in [1.29, 1.82) is 0 Å². The van der Waals surface area contributed by atoms with Crippen LogP contribution in [0.3, 0.4) is 0 Å². The van der Waals surface area contributed by atoms with Crippen LogP contribution in [0.4, 0.5) is 0 Å². The van der Waals surface area contributed by atoms with Crippen molar-refractivity contribution in [3.63, 3.8) is 0 Å². The number of hydrogen-bond donors (Lipinski definition) is 3. The minimum Gasteiger partial charge on any atom is -0.396 e. The van der Waals surface area contributed by atoms with Crippen LogP contribution in [0, 0.1) is 11.8 Å². The number of guanidine groups is 1. The lowest BCUT2D eigenvalue weighted by atomic mass is 9.94. The molecule has 150 valence electrons. The quantitative estimate of drug-likeness (QED) is 0.248. The average molecular weight is 468 g/mol. The summed E-state index contributed by atoms with van der Waals surface area (Å²) in [6.07, 6.45) is 7.42. The predicted molar refractivity (Wildman–Crippen MR) is 119 cm³/mol. The van der Waals surface area contributed by atoms with Crippen LogP contribution in [0.25, 0.3) is 0 Å². The maximum Gasteiger partial charge on any atom is 0.191 e. The van der Waals surface area contributed by atoms with Gasteiger partial charge in [-0.3, -0.25) is 4.99 Å². The summed E-state index contributed by atoms with van der Waals surface area (Å²) in [5.41, 5.74) is 0. The minimum absolute atomic E-state index is 0. The highest BCUT2D eigenvalue weighted by Gasteiger charge is 2.18. The molecule has 0 bridgehead atoms. The second-order valence-corrected chi connectivity index (χ2v) is 7.57. The van der Waals surface area contributed by atoms with E-state index in [9.17, 15) is 5.11 Å². The summed E-state index contributed by atoms with van der Waals surface area (Å²) >= 11 is 0. The van der Waals surface area contributed by atoms with E-state index in [4.69, 9.17) is 4.99 Å². The van der Waals surface area contributed by atoms with Gasteiger partial charge in [0.2, 0.25) is 0 Å². The first-order valence-electron chi connectivity index (χ1n) is 9.90. The van der Waals surface area contributed by atoms with Crippen LogP contribution in [0.2, 0.25) is 0 Å². The van der Waals surface area contributed by atoms with Gasteiger partial charge in [0.25, 0.3) is 0 Å². The second kappa shape index (κ2) is 15.0. The summed E-state index contributed by atoms with van der Waals surface area (Å²) in [5.74, 6) is 2.02. The molecule has 0 heterocycles. The Morgan fingerprint density at radius 2 is 1.92 bits per heavy atom. The van der Waals surface area contributed by atoms with E-state index in [0.717, 1.165) is 51.0 Å². The molecule has 1 aliphatic carbocycles. The van der Waals surface area contributed by atoms with Crippen molar-refractivity contribution in [3.05, 3.63) is 0 Å². The van der Waals surface area contributed by atoms with Crippen LogP contribution >= 0.6 is 24.0 Å². The van der Waals surface area contributed by atoms with Gasteiger partial charge in [-0.1, -0.05) is 26.7 Å². The molecule has 5 nitrogen and oxygen atoms in total. The topological polar surface area (TPSA) is 59.9 Å². The maximum absolute atomic E-state index is 9.24. The molecule has 1 unspecified atom stereocenters. The van der Waals surface area contributed by atoms with E-state index in [0.29, 0.717) is 11.8 Å². The Morgan fingerprint density at radius 1 is 1.24 bits per heavy atom. The molecule has 1 fully saturated rings. The molecule has 0 amide bonds. The largest absolute Gasteiger partial charge is 0.396 e. The molecule has 0 radical (unpaired) electrons. The Balaban J connectivity index is 0.00000576. The first-order chi connectivity index (χ1) is 11.6. The van der Waals surface area contributed by atoms with Crippen molar-refractivity contribution in [3.8, 4) is 0 Å². The number of nitrogens with one attached hydrogen (secondary N) is 2. The summed E-state index contributed by atoms with van der Waals surface area (Å²) < 4.78 is 0. The second-order valence-electron chi connectivity index (χ2n) is 7.57. The first-order valence-corrected chi connectivity index (χ1v) is 9.90. The number of likely N-dealkylation sites (N-methyl/N-ethyl adjacent to an activating group) is 1. The van der Waals surface area contributed by atoms with Crippen LogP contribution in [0.1, 0.15) is 59.3 Å². The first kappa shape index (κ1) is 24.9. The van der Waals surface area contributed by atoms with Crippen molar-refractivity contribution in [2.24, 2.45) is 16.8 Å². The van der Waals surface area contributed by atoms with E-state index in [-0.39, 0.29) is 30.6 Å². The van der Waals surface area contributed by atoms with Crippen LogP contribution < -0.4 is 10.6 Å². The van der Waals surface area contributed by atoms with E-state index < -0.39 is 0 Å². The van der Waals surface area contributed by atoms with E-state index in [1.54, 1.807) is 0 Å². The Hall–Kier alpha value is -0.0800. The molecule has 0 saturated heterocycles. The van der Waals surface area contributed by atoms with Gasteiger partial charge in [0.05, 0.1) is 0 Å². The average Bonchev–Trinajstić information content (AvgIpc) is 3.06. The highest BCUT2D eigenvalue weighted by atomic mass is 127. The monoisotopic (exact) mass is 468 g/mol.